The fourth-order valence-corrected chi connectivity index (χ4v) is 5.09. The summed E-state index contributed by atoms with van der Waals surface area (Å²) in [6, 6.07) is -1.11. The van der Waals surface area contributed by atoms with Crippen molar-refractivity contribution in [3.63, 3.8) is 0 Å². The second kappa shape index (κ2) is 12.0. The van der Waals surface area contributed by atoms with E-state index in [2.05, 4.69) is 30.2 Å². The lowest BCUT2D eigenvalue weighted by Crippen LogP contribution is -2.71. The fraction of sp³-hybridized carbons (Fsp3) is 0.333. The van der Waals surface area contributed by atoms with E-state index >= 15 is 0 Å². The van der Waals surface area contributed by atoms with Crippen molar-refractivity contribution < 1.29 is 48.2 Å². The number of thioether (sulfide) groups is 1. The van der Waals surface area contributed by atoms with Gasteiger partial charge in [-0.25, -0.2) is 14.6 Å². The molecule has 192 valence electrons. The molecule has 5 N–H and O–H groups in total. The van der Waals surface area contributed by atoms with E-state index in [9.17, 15) is 33.9 Å². The van der Waals surface area contributed by atoms with Crippen LogP contribution in [0.1, 0.15) is 5.69 Å². The van der Waals surface area contributed by atoms with Crippen LogP contribution in [0.5, 0.6) is 0 Å². The monoisotopic (exact) mass is 542 g/mol. The van der Waals surface area contributed by atoms with Crippen LogP contribution in [0, 0.1) is 0 Å². The maximum Gasteiger partial charge on any atom is 0.404 e. The van der Waals surface area contributed by atoms with Crippen molar-refractivity contribution in [2.45, 2.75) is 11.4 Å². The van der Waals surface area contributed by atoms with E-state index in [-0.39, 0.29) is 53.2 Å². The van der Waals surface area contributed by atoms with Crippen LogP contribution in [0.15, 0.2) is 21.8 Å². The van der Waals surface area contributed by atoms with Crippen molar-refractivity contribution >= 4 is 70.7 Å². The molecular weight excluding hydrogens is 524 g/mol. The van der Waals surface area contributed by atoms with Crippen molar-refractivity contribution in [3.05, 3.63) is 22.3 Å². The molecule has 3 heterocycles. The number of aliphatic carboxylic acids is 1. The van der Waals surface area contributed by atoms with Crippen molar-refractivity contribution in [1.82, 2.24) is 15.2 Å². The molecule has 0 aromatic carbocycles. The number of ether oxygens (including phenoxy) is 2. The van der Waals surface area contributed by atoms with E-state index in [1.807, 2.05) is 0 Å². The highest BCUT2D eigenvalue weighted by Gasteiger charge is 2.54. The highest BCUT2D eigenvalue weighted by molar-refractivity contribution is 8.00. The Kier molecular flexibility index (Phi) is 8.79. The van der Waals surface area contributed by atoms with Crippen LogP contribution in [0.4, 0.5) is 9.93 Å². The first-order chi connectivity index (χ1) is 17.3. The maximum absolute atomic E-state index is 13.0. The van der Waals surface area contributed by atoms with Gasteiger partial charge in [-0.2, -0.15) is 0 Å². The number of carbonyl (C=O) groups excluding carboxylic acids is 5. The van der Waals surface area contributed by atoms with Gasteiger partial charge in [-0.1, -0.05) is 5.16 Å². The van der Waals surface area contributed by atoms with Gasteiger partial charge in [0.2, 0.25) is 6.41 Å². The number of thiazole rings is 1. The summed E-state index contributed by atoms with van der Waals surface area (Å²) < 4.78 is 9.14. The number of amides is 4. The summed E-state index contributed by atoms with van der Waals surface area (Å²) in [6.45, 7) is -0.519. The molecule has 2 aliphatic rings. The molecule has 1 fully saturated rings. The fourth-order valence-electron chi connectivity index (χ4n) is 3.11. The van der Waals surface area contributed by atoms with Gasteiger partial charge in [0.15, 0.2) is 17.5 Å². The summed E-state index contributed by atoms with van der Waals surface area (Å²) in [6.07, 6.45) is -0.704. The Morgan fingerprint density at radius 2 is 2.11 bits per heavy atom. The Balaban J connectivity index is 1.76. The number of fused-ring (bicyclic) bond motifs is 1. The topological polar surface area (TPSA) is 229 Å². The van der Waals surface area contributed by atoms with Gasteiger partial charge in [-0.05, 0) is 0 Å². The van der Waals surface area contributed by atoms with Crippen LogP contribution in [0.25, 0.3) is 0 Å². The van der Waals surface area contributed by atoms with Crippen LogP contribution in [-0.4, -0.2) is 94.5 Å². The second-order valence-corrected chi connectivity index (χ2v) is 8.73. The first-order valence-corrected chi connectivity index (χ1v) is 11.8. The number of nitrogens with one attached hydrogen (secondary N) is 2. The summed E-state index contributed by atoms with van der Waals surface area (Å²) in [5.41, 5.74) is 4.43. The zero-order valence-corrected chi connectivity index (χ0v) is 19.7. The molecule has 2 atom stereocenters. The number of nitrogens with zero attached hydrogens (tertiary/aromatic N) is 3. The molecule has 0 radical (unpaired) electrons. The molecule has 18 heteroatoms. The summed E-state index contributed by atoms with van der Waals surface area (Å²) >= 11 is 2.15. The molecule has 2 aliphatic heterocycles. The van der Waals surface area contributed by atoms with Gasteiger partial charge in [0, 0.05) is 16.7 Å². The lowest BCUT2D eigenvalue weighted by Gasteiger charge is -2.49. The standard InChI is InChI=1S/C18H18N6O10S2/c19-17(31)33-3-8-4-35-15-11(14(28)24(15)12(8)16(29)30)22-13(27)10(23-34-2-1-32-7-26)9-5-36-18(21-9)20-6-25/h5-7,11,15H,1-4H2,(H2,19,31)(H,22,27)(H,29,30)(H,20,21,25)/t11?,15-/m1/s1. The summed E-state index contributed by atoms with van der Waals surface area (Å²) in [5, 5.41) is 19.0. The summed E-state index contributed by atoms with van der Waals surface area (Å²) in [4.78, 5) is 79.4. The first-order valence-electron chi connectivity index (χ1n) is 9.82. The highest BCUT2D eigenvalue weighted by Crippen LogP contribution is 2.40. The largest absolute Gasteiger partial charge is 0.477 e. The van der Waals surface area contributed by atoms with E-state index in [1.165, 1.54) is 5.38 Å². The number of β-lactam (4-membered cyclic amide) rings is 1. The Hall–Kier alpha value is -4.19. The number of hydrogen-bond donors (Lipinski definition) is 4. The molecule has 3 rings (SSSR count). The number of rotatable bonds is 13. The molecule has 0 spiro atoms. The number of carboxylic acids is 1. The number of anilines is 1. The maximum atomic E-state index is 13.0. The third kappa shape index (κ3) is 5.89. The number of nitrogens with two attached hydrogens (primary N) is 1. The average Bonchev–Trinajstić information content (AvgIpc) is 3.30. The van der Waals surface area contributed by atoms with Gasteiger partial charge >= 0.3 is 12.1 Å². The summed E-state index contributed by atoms with van der Waals surface area (Å²) in [7, 11) is 0. The zero-order valence-electron chi connectivity index (χ0n) is 18.1. The number of hydrogen-bond acceptors (Lipinski definition) is 13. The van der Waals surface area contributed by atoms with Gasteiger partial charge < -0.3 is 35.8 Å². The quantitative estimate of drug-likeness (QED) is 0.0729. The normalized spacial score (nSPS) is 18.9. The Labute approximate surface area is 209 Å². The SMILES string of the molecule is NC(=O)OCC1=C(C(=O)O)N2C(=O)C(NC(=O)C(=NOCCOC=O)c3csc(NC=O)n3)[C@H]2SC1. The number of aromatic nitrogens is 1. The number of carboxylic acid groups (broad SMARTS) is 1. The lowest BCUT2D eigenvalue weighted by molar-refractivity contribution is -0.150. The first kappa shape index (κ1) is 26.4. The van der Waals surface area contributed by atoms with E-state index < -0.39 is 41.9 Å². The third-order valence-electron chi connectivity index (χ3n) is 4.59. The lowest BCUT2D eigenvalue weighted by atomic mass is 10.0. The molecule has 1 saturated heterocycles. The van der Waals surface area contributed by atoms with Crippen molar-refractivity contribution in [2.24, 2.45) is 10.9 Å². The van der Waals surface area contributed by atoms with E-state index in [1.54, 1.807) is 0 Å². The summed E-state index contributed by atoms with van der Waals surface area (Å²) in [5.74, 6) is -2.89. The predicted molar refractivity (Wildman–Crippen MR) is 122 cm³/mol. The number of oxime groups is 1. The van der Waals surface area contributed by atoms with Gasteiger partial charge in [0.05, 0.1) is 0 Å². The molecule has 0 aliphatic carbocycles. The highest BCUT2D eigenvalue weighted by atomic mass is 32.2. The minimum absolute atomic E-state index is 0.0232. The van der Waals surface area contributed by atoms with E-state index in [0.717, 1.165) is 28.0 Å². The minimum Gasteiger partial charge on any atom is -0.477 e. The minimum atomic E-state index is -1.41. The van der Waals surface area contributed by atoms with Crippen LogP contribution in [-0.2, 0) is 38.3 Å². The zero-order chi connectivity index (χ0) is 26.2. The van der Waals surface area contributed by atoms with Gasteiger partial charge in [-0.15, -0.1) is 23.1 Å². The van der Waals surface area contributed by atoms with Crippen LogP contribution >= 0.6 is 23.1 Å². The Bertz CT molecular complexity index is 1140. The van der Waals surface area contributed by atoms with Crippen LogP contribution in [0.2, 0.25) is 0 Å². The average molecular weight is 543 g/mol. The number of carbonyl (C=O) groups is 6. The van der Waals surface area contributed by atoms with Gasteiger partial charge in [0.25, 0.3) is 18.3 Å². The van der Waals surface area contributed by atoms with Gasteiger partial charge in [-0.3, -0.25) is 24.1 Å². The molecule has 0 saturated carbocycles. The molecule has 36 heavy (non-hydrogen) atoms. The van der Waals surface area contributed by atoms with E-state index in [4.69, 9.17) is 10.6 Å². The third-order valence-corrected chi connectivity index (χ3v) is 6.70. The van der Waals surface area contributed by atoms with E-state index in [0.29, 0.717) is 6.41 Å². The smallest absolute Gasteiger partial charge is 0.404 e. The van der Waals surface area contributed by atoms with Crippen molar-refractivity contribution in [2.75, 3.05) is 30.9 Å². The second-order valence-electron chi connectivity index (χ2n) is 6.77. The molecule has 4 amide bonds. The predicted octanol–water partition coefficient (Wildman–Crippen LogP) is -1.56. The Morgan fingerprint density at radius 1 is 1.33 bits per heavy atom. The van der Waals surface area contributed by atoms with Crippen molar-refractivity contribution in [1.29, 1.82) is 0 Å². The Morgan fingerprint density at radius 3 is 2.78 bits per heavy atom. The molecule has 1 aromatic rings. The molecule has 1 unspecified atom stereocenters. The molecular formula is C18H18N6O10S2. The van der Waals surface area contributed by atoms with Crippen molar-refractivity contribution in [3.8, 4) is 0 Å². The van der Waals surface area contributed by atoms with Crippen LogP contribution < -0.4 is 16.4 Å². The van der Waals surface area contributed by atoms with Gasteiger partial charge in [0.1, 0.15) is 36.0 Å². The number of primary amides is 1. The molecule has 16 nitrogen and oxygen atoms in total. The van der Waals surface area contributed by atoms with Crippen LogP contribution in [0.3, 0.4) is 0 Å². The molecule has 0 bridgehead atoms. The molecule has 1 aromatic heterocycles.